The molecule has 9 nitrogen and oxygen atoms in total. The molecule has 0 amide bonds. The zero-order chi connectivity index (χ0) is 22.0. The molecule has 1 aromatic carbocycles. The fraction of sp³-hybridized carbons (Fsp3) is 0.500. The van der Waals surface area contributed by atoms with Crippen molar-refractivity contribution in [1.82, 2.24) is 18.7 Å². The Morgan fingerprint density at radius 3 is 2.52 bits per heavy atom. The van der Waals surface area contributed by atoms with Crippen molar-refractivity contribution in [2.24, 2.45) is 7.05 Å². The van der Waals surface area contributed by atoms with E-state index in [9.17, 15) is 14.7 Å². The highest BCUT2D eigenvalue weighted by molar-refractivity contribution is 5.74. The maximum Gasteiger partial charge on any atom is 0.332 e. The molecule has 31 heavy (non-hydrogen) atoms. The van der Waals surface area contributed by atoms with Crippen molar-refractivity contribution < 1.29 is 9.84 Å². The van der Waals surface area contributed by atoms with Crippen LogP contribution in [0.4, 0.5) is 5.95 Å². The number of para-hydroxylation sites is 1. The van der Waals surface area contributed by atoms with Crippen molar-refractivity contribution in [3.8, 4) is 5.75 Å². The van der Waals surface area contributed by atoms with Gasteiger partial charge in [0, 0.05) is 26.7 Å². The van der Waals surface area contributed by atoms with Crippen molar-refractivity contribution in [3.63, 3.8) is 0 Å². The van der Waals surface area contributed by atoms with Crippen LogP contribution in [0.3, 0.4) is 0 Å². The first-order chi connectivity index (χ1) is 15.0. The van der Waals surface area contributed by atoms with Crippen LogP contribution in [0.2, 0.25) is 0 Å². The number of aliphatic hydroxyl groups is 1. The zero-order valence-electron chi connectivity index (χ0n) is 18.0. The maximum absolute atomic E-state index is 13.3. The summed E-state index contributed by atoms with van der Waals surface area (Å²) in [6.07, 6.45) is 1.90. The largest absolute Gasteiger partial charge is 0.491 e. The van der Waals surface area contributed by atoms with Gasteiger partial charge >= 0.3 is 5.69 Å². The Labute approximate surface area is 180 Å². The number of hydrogen-bond acceptors (Lipinski definition) is 6. The first-order valence-electron chi connectivity index (χ1n) is 10.8. The van der Waals surface area contributed by atoms with Gasteiger partial charge < -0.3 is 19.3 Å². The molecular weight excluding hydrogens is 398 g/mol. The summed E-state index contributed by atoms with van der Waals surface area (Å²) in [6.45, 7) is 4.15. The lowest BCUT2D eigenvalue weighted by molar-refractivity contribution is 0.0936. The molecule has 1 aliphatic heterocycles. The minimum absolute atomic E-state index is 0.0814. The van der Waals surface area contributed by atoms with E-state index in [0.717, 1.165) is 25.9 Å². The number of benzene rings is 1. The van der Waals surface area contributed by atoms with E-state index in [4.69, 9.17) is 4.74 Å². The lowest BCUT2D eigenvalue weighted by Crippen LogP contribution is -2.40. The molecular formula is C22H29N5O4. The molecule has 0 radical (unpaired) electrons. The third-order valence-electron chi connectivity index (χ3n) is 5.63. The average Bonchev–Trinajstić information content (AvgIpc) is 3.43. The van der Waals surface area contributed by atoms with Crippen molar-refractivity contribution in [1.29, 1.82) is 0 Å². The summed E-state index contributed by atoms with van der Waals surface area (Å²) in [6, 6.07) is 9.29. The fourth-order valence-electron chi connectivity index (χ4n) is 4.08. The van der Waals surface area contributed by atoms with Crippen molar-refractivity contribution in [2.45, 2.75) is 45.4 Å². The SMILES string of the molecule is CCCn1c(=O)c2c(nc(N3CCCC3)n2CC(O)COc2ccccc2)n(C)c1=O. The van der Waals surface area contributed by atoms with E-state index in [1.165, 1.54) is 9.13 Å². The van der Waals surface area contributed by atoms with E-state index in [-0.39, 0.29) is 24.4 Å². The van der Waals surface area contributed by atoms with Crippen LogP contribution in [0.1, 0.15) is 26.2 Å². The van der Waals surface area contributed by atoms with E-state index in [2.05, 4.69) is 9.88 Å². The molecule has 1 saturated heterocycles. The van der Waals surface area contributed by atoms with Crippen LogP contribution in [-0.4, -0.2) is 49.6 Å². The topological polar surface area (TPSA) is 94.5 Å². The highest BCUT2D eigenvalue weighted by Crippen LogP contribution is 2.24. The van der Waals surface area contributed by atoms with Crippen LogP contribution in [-0.2, 0) is 20.1 Å². The first kappa shape index (κ1) is 21.2. The highest BCUT2D eigenvalue weighted by atomic mass is 16.5. The van der Waals surface area contributed by atoms with Crippen LogP contribution in [0.15, 0.2) is 39.9 Å². The second-order valence-corrected chi connectivity index (χ2v) is 7.97. The number of ether oxygens (including phenoxy) is 1. The minimum atomic E-state index is -0.852. The first-order valence-corrected chi connectivity index (χ1v) is 10.8. The lowest BCUT2D eigenvalue weighted by atomic mass is 10.3. The smallest absolute Gasteiger partial charge is 0.332 e. The Hall–Kier alpha value is -3.07. The predicted molar refractivity (Wildman–Crippen MR) is 119 cm³/mol. The van der Waals surface area contributed by atoms with Gasteiger partial charge in [0.15, 0.2) is 11.2 Å². The van der Waals surface area contributed by atoms with Crippen molar-refractivity contribution in [2.75, 3.05) is 24.6 Å². The van der Waals surface area contributed by atoms with E-state index < -0.39 is 6.10 Å². The Morgan fingerprint density at radius 1 is 1.13 bits per heavy atom. The number of imidazole rings is 1. The molecule has 1 atom stereocenters. The van der Waals surface area contributed by atoms with Crippen molar-refractivity contribution >= 4 is 17.1 Å². The molecule has 1 aliphatic rings. The number of anilines is 1. The number of nitrogens with zero attached hydrogens (tertiary/aromatic N) is 5. The standard InChI is InChI=1S/C22H29N5O4/c1-3-11-26-20(29)18-19(24(2)22(26)30)23-21(25-12-7-8-13-25)27(18)14-16(28)15-31-17-9-5-4-6-10-17/h4-6,9-10,16,28H,3,7-8,11-15H2,1-2H3. The number of aromatic nitrogens is 4. The maximum atomic E-state index is 13.3. The summed E-state index contributed by atoms with van der Waals surface area (Å²) >= 11 is 0. The second-order valence-electron chi connectivity index (χ2n) is 7.97. The molecule has 0 saturated carbocycles. The van der Waals surface area contributed by atoms with Crippen molar-refractivity contribution in [3.05, 3.63) is 51.2 Å². The second kappa shape index (κ2) is 8.97. The predicted octanol–water partition coefficient (Wildman–Crippen LogP) is 1.35. The van der Waals surface area contributed by atoms with E-state index >= 15 is 0 Å². The summed E-state index contributed by atoms with van der Waals surface area (Å²) in [5.41, 5.74) is -0.0457. The molecule has 1 unspecified atom stereocenters. The van der Waals surface area contributed by atoms with E-state index in [1.807, 2.05) is 37.3 Å². The molecule has 4 rings (SSSR count). The number of rotatable bonds is 8. The van der Waals surface area contributed by atoms with Gasteiger partial charge in [-0.05, 0) is 31.4 Å². The van der Waals surface area contributed by atoms with Crippen LogP contribution >= 0.6 is 0 Å². The van der Waals surface area contributed by atoms with Gasteiger partial charge in [-0.2, -0.15) is 4.98 Å². The average molecular weight is 428 g/mol. The summed E-state index contributed by atoms with van der Waals surface area (Å²) in [4.78, 5) is 32.8. The van der Waals surface area contributed by atoms with Gasteiger partial charge in [-0.25, -0.2) is 4.79 Å². The number of aryl methyl sites for hydroxylation is 1. The van der Waals surface area contributed by atoms with Gasteiger partial charge in [-0.15, -0.1) is 0 Å². The molecule has 3 aromatic rings. The van der Waals surface area contributed by atoms with Gasteiger partial charge in [0.05, 0.1) is 6.54 Å². The van der Waals surface area contributed by atoms with Gasteiger partial charge in [-0.3, -0.25) is 13.9 Å². The number of fused-ring (bicyclic) bond motifs is 1. The van der Waals surface area contributed by atoms with E-state index in [1.54, 1.807) is 11.6 Å². The minimum Gasteiger partial charge on any atom is -0.491 e. The highest BCUT2D eigenvalue weighted by Gasteiger charge is 2.26. The summed E-state index contributed by atoms with van der Waals surface area (Å²) in [5.74, 6) is 1.29. The molecule has 0 aliphatic carbocycles. The Kier molecular flexibility index (Phi) is 6.13. The molecule has 9 heteroatoms. The van der Waals surface area contributed by atoms with Gasteiger partial charge in [0.2, 0.25) is 5.95 Å². The quantitative estimate of drug-likeness (QED) is 0.583. The molecule has 0 spiro atoms. The monoisotopic (exact) mass is 427 g/mol. The van der Waals surface area contributed by atoms with Crippen LogP contribution in [0.25, 0.3) is 11.2 Å². The summed E-state index contributed by atoms with van der Waals surface area (Å²) in [5, 5.41) is 10.7. The Bertz CT molecular complexity index is 1160. The zero-order valence-corrected chi connectivity index (χ0v) is 18.0. The molecule has 1 fully saturated rings. The Balaban J connectivity index is 1.74. The fourth-order valence-corrected chi connectivity index (χ4v) is 4.08. The molecule has 2 aromatic heterocycles. The number of aliphatic hydroxyl groups excluding tert-OH is 1. The normalized spacial score (nSPS) is 15.0. The van der Waals surface area contributed by atoms with Crippen LogP contribution < -0.4 is 20.9 Å². The van der Waals surface area contributed by atoms with Gasteiger partial charge in [-0.1, -0.05) is 25.1 Å². The molecule has 0 bridgehead atoms. The van der Waals surface area contributed by atoms with Gasteiger partial charge in [0.25, 0.3) is 5.56 Å². The third-order valence-corrected chi connectivity index (χ3v) is 5.63. The number of hydrogen-bond donors (Lipinski definition) is 1. The lowest BCUT2D eigenvalue weighted by Gasteiger charge is -2.20. The Morgan fingerprint density at radius 2 is 1.84 bits per heavy atom. The van der Waals surface area contributed by atoms with Crippen LogP contribution in [0.5, 0.6) is 5.75 Å². The summed E-state index contributed by atoms with van der Waals surface area (Å²) < 4.78 is 10.1. The molecule has 3 heterocycles. The third kappa shape index (κ3) is 4.10. The molecule has 1 N–H and O–H groups in total. The molecule has 166 valence electrons. The summed E-state index contributed by atoms with van der Waals surface area (Å²) in [7, 11) is 1.64. The van der Waals surface area contributed by atoms with Gasteiger partial charge in [0.1, 0.15) is 18.5 Å². The van der Waals surface area contributed by atoms with E-state index in [0.29, 0.717) is 35.8 Å². The van der Waals surface area contributed by atoms with Crippen LogP contribution in [0, 0.1) is 0 Å².